The Morgan fingerprint density at radius 2 is 2.00 bits per heavy atom. The molecule has 1 saturated heterocycles. The fourth-order valence-electron chi connectivity index (χ4n) is 5.12. The van der Waals surface area contributed by atoms with E-state index in [4.69, 9.17) is 9.47 Å². The molecule has 0 unspecified atom stereocenters. The summed E-state index contributed by atoms with van der Waals surface area (Å²) in [5.74, 6) is 0.630. The predicted octanol–water partition coefficient (Wildman–Crippen LogP) is 0.992. The van der Waals surface area contributed by atoms with Crippen molar-refractivity contribution in [1.29, 1.82) is 0 Å². The van der Waals surface area contributed by atoms with E-state index in [-0.39, 0.29) is 25.7 Å². The Labute approximate surface area is 182 Å². The number of carbonyl (C=O) groups excluding carboxylic acids is 1. The minimum atomic E-state index is -3.57. The molecule has 0 bridgehead atoms. The first-order valence-electron chi connectivity index (χ1n) is 10.3. The highest BCUT2D eigenvalue weighted by atomic mass is 32.2. The number of H-pyrrole nitrogens is 1. The van der Waals surface area contributed by atoms with Gasteiger partial charge in [-0.15, -0.1) is 0 Å². The van der Waals surface area contributed by atoms with E-state index in [1.165, 1.54) is 17.7 Å². The van der Waals surface area contributed by atoms with Gasteiger partial charge in [0.15, 0.2) is 0 Å². The molecule has 2 aromatic rings. The number of carbonyl (C=O) groups is 1. The number of rotatable bonds is 5. The number of hydrogen-bond acceptors (Lipinski definition) is 6. The Kier molecular flexibility index (Phi) is 5.76. The van der Waals surface area contributed by atoms with Crippen LogP contribution in [0.3, 0.4) is 0 Å². The number of nitrogens with one attached hydrogen (secondary N) is 1. The summed E-state index contributed by atoms with van der Waals surface area (Å²) in [5.41, 5.74) is 2.15. The lowest BCUT2D eigenvalue weighted by atomic mass is 9.69. The largest absolute Gasteiger partial charge is 0.497 e. The summed E-state index contributed by atoms with van der Waals surface area (Å²) in [4.78, 5) is 17.5. The molecule has 1 fully saturated rings. The predicted molar refractivity (Wildman–Crippen MR) is 116 cm³/mol. The maximum atomic E-state index is 12.7. The van der Waals surface area contributed by atoms with E-state index in [1.54, 1.807) is 12.0 Å². The molecule has 2 N–H and O–H groups in total. The maximum absolute atomic E-state index is 12.7. The lowest BCUT2D eigenvalue weighted by molar-refractivity contribution is -0.136. The van der Waals surface area contributed by atoms with Gasteiger partial charge in [0.2, 0.25) is 15.9 Å². The second kappa shape index (κ2) is 8.09. The monoisotopic (exact) mass is 451 g/mol. The minimum absolute atomic E-state index is 0.0349. The molecule has 0 radical (unpaired) electrons. The van der Waals surface area contributed by atoms with Crippen LogP contribution in [0.15, 0.2) is 18.2 Å². The highest BCUT2D eigenvalue weighted by Crippen LogP contribution is 2.49. The Morgan fingerprint density at radius 3 is 2.58 bits per heavy atom. The molecule has 4 rings (SSSR count). The second-order valence-electron chi connectivity index (χ2n) is 8.43. The summed E-state index contributed by atoms with van der Waals surface area (Å²) < 4.78 is 37.1. The van der Waals surface area contributed by atoms with E-state index >= 15 is 0 Å². The van der Waals surface area contributed by atoms with Gasteiger partial charge in [-0.2, -0.15) is 4.31 Å². The molecule has 2 aliphatic heterocycles. The number of aliphatic hydroxyl groups is 1. The summed E-state index contributed by atoms with van der Waals surface area (Å²) in [5, 5.41) is 11.1. The molecule has 9 nitrogen and oxygen atoms in total. The number of methoxy groups -OCH3 is 2. The number of aromatic nitrogens is 1. The number of aromatic amines is 1. The quantitative estimate of drug-likeness (QED) is 0.701. The number of aliphatic hydroxyl groups excluding tert-OH is 1. The van der Waals surface area contributed by atoms with Crippen molar-refractivity contribution in [2.75, 3.05) is 53.3 Å². The molecule has 170 valence electrons. The lowest BCUT2D eigenvalue weighted by Crippen LogP contribution is -2.55. The molecule has 0 aliphatic carbocycles. The zero-order valence-electron chi connectivity index (χ0n) is 18.1. The molecule has 3 heterocycles. The number of sulfonamides is 1. The van der Waals surface area contributed by atoms with Gasteiger partial charge < -0.3 is 24.5 Å². The van der Waals surface area contributed by atoms with E-state index in [0.717, 1.165) is 22.2 Å². The third-order valence-electron chi connectivity index (χ3n) is 6.64. The SMILES string of the molecule is COCC(=O)N1CCC2(CC1)CN(S(C)(=O)=O)[C@H](CO)c1[nH]c3cc(OC)ccc3c12. The second-order valence-corrected chi connectivity index (χ2v) is 10.4. The first-order valence-corrected chi connectivity index (χ1v) is 12.1. The van der Waals surface area contributed by atoms with Gasteiger partial charge in [0.1, 0.15) is 12.4 Å². The molecule has 1 aromatic heterocycles. The van der Waals surface area contributed by atoms with Crippen molar-refractivity contribution in [3.63, 3.8) is 0 Å². The lowest BCUT2D eigenvalue weighted by Gasteiger charge is -2.49. The topological polar surface area (TPSA) is 112 Å². The van der Waals surface area contributed by atoms with Gasteiger partial charge in [0.25, 0.3) is 0 Å². The van der Waals surface area contributed by atoms with E-state index in [1.807, 2.05) is 18.2 Å². The molecule has 0 saturated carbocycles. The van der Waals surface area contributed by atoms with Crippen LogP contribution in [0.2, 0.25) is 0 Å². The zero-order chi connectivity index (χ0) is 22.4. The van der Waals surface area contributed by atoms with Gasteiger partial charge >= 0.3 is 0 Å². The summed E-state index contributed by atoms with van der Waals surface area (Å²) in [6.45, 7) is 1.03. The van der Waals surface area contributed by atoms with Gasteiger partial charge in [0.05, 0.1) is 26.0 Å². The van der Waals surface area contributed by atoms with Crippen LogP contribution in [-0.4, -0.2) is 86.9 Å². The minimum Gasteiger partial charge on any atom is -0.497 e. The average molecular weight is 452 g/mol. The number of hydrogen-bond donors (Lipinski definition) is 2. The molecule has 2 aliphatic rings. The molecule has 10 heteroatoms. The average Bonchev–Trinajstić information content (AvgIpc) is 3.13. The van der Waals surface area contributed by atoms with Gasteiger partial charge in [0, 0.05) is 54.8 Å². The van der Waals surface area contributed by atoms with Gasteiger partial charge in [-0.3, -0.25) is 4.79 Å². The highest BCUT2D eigenvalue weighted by Gasteiger charge is 2.50. The van der Waals surface area contributed by atoms with Crippen molar-refractivity contribution in [2.24, 2.45) is 0 Å². The van der Waals surface area contributed by atoms with Crippen LogP contribution < -0.4 is 4.74 Å². The summed E-state index contributed by atoms with van der Waals surface area (Å²) >= 11 is 0. The standard InChI is InChI=1S/C21H29N3O6S/c1-29-12-18(26)23-8-6-21(7-9-23)13-24(31(3,27)28)17(11-25)20-19(21)15-5-4-14(30-2)10-16(15)22-20/h4-5,10,17,22,25H,6-9,11-13H2,1-3H3/t17-/m1/s1. The van der Waals surface area contributed by atoms with Crippen LogP contribution in [0.5, 0.6) is 5.75 Å². The molecule has 1 atom stereocenters. The van der Waals surface area contributed by atoms with Crippen molar-refractivity contribution in [1.82, 2.24) is 14.2 Å². The fourth-order valence-corrected chi connectivity index (χ4v) is 6.23. The van der Waals surface area contributed by atoms with Crippen LogP contribution >= 0.6 is 0 Å². The molecular weight excluding hydrogens is 422 g/mol. The van der Waals surface area contributed by atoms with E-state index < -0.39 is 21.5 Å². The third kappa shape index (κ3) is 3.71. The van der Waals surface area contributed by atoms with Crippen LogP contribution in [0.4, 0.5) is 0 Å². The van der Waals surface area contributed by atoms with Crippen molar-refractivity contribution in [3.8, 4) is 5.75 Å². The fraction of sp³-hybridized carbons (Fsp3) is 0.571. The summed E-state index contributed by atoms with van der Waals surface area (Å²) in [6, 6.07) is 5.08. The van der Waals surface area contributed by atoms with Crippen molar-refractivity contribution >= 4 is 26.8 Å². The number of ether oxygens (including phenoxy) is 2. The molecule has 1 spiro atoms. The number of amides is 1. The number of fused-ring (bicyclic) bond motifs is 4. The number of benzene rings is 1. The molecule has 31 heavy (non-hydrogen) atoms. The van der Waals surface area contributed by atoms with Gasteiger partial charge in [-0.25, -0.2) is 8.42 Å². The normalized spacial score (nSPS) is 21.4. The van der Waals surface area contributed by atoms with Gasteiger partial charge in [-0.05, 0) is 30.5 Å². The highest BCUT2D eigenvalue weighted by molar-refractivity contribution is 7.88. The number of nitrogens with zero attached hydrogens (tertiary/aromatic N) is 2. The molecule has 1 amide bonds. The van der Waals surface area contributed by atoms with Crippen LogP contribution in [-0.2, 0) is 25.0 Å². The van der Waals surface area contributed by atoms with E-state index in [2.05, 4.69) is 4.98 Å². The van der Waals surface area contributed by atoms with Gasteiger partial charge in [-0.1, -0.05) is 0 Å². The van der Waals surface area contributed by atoms with Crippen LogP contribution in [0.25, 0.3) is 10.9 Å². The van der Waals surface area contributed by atoms with Crippen molar-refractivity contribution in [2.45, 2.75) is 24.3 Å². The smallest absolute Gasteiger partial charge is 0.248 e. The first kappa shape index (κ1) is 22.1. The van der Waals surface area contributed by atoms with Crippen LogP contribution in [0, 0.1) is 0 Å². The third-order valence-corrected chi connectivity index (χ3v) is 7.88. The van der Waals surface area contributed by atoms with Crippen LogP contribution in [0.1, 0.15) is 30.1 Å². The number of likely N-dealkylation sites (tertiary alicyclic amines) is 1. The molecule has 1 aromatic carbocycles. The van der Waals surface area contributed by atoms with E-state index in [9.17, 15) is 18.3 Å². The zero-order valence-corrected chi connectivity index (χ0v) is 18.9. The Balaban J connectivity index is 1.84. The Bertz CT molecular complexity index is 1090. The summed E-state index contributed by atoms with van der Waals surface area (Å²) in [6.07, 6.45) is 2.43. The maximum Gasteiger partial charge on any atom is 0.248 e. The molecular formula is C21H29N3O6S. The summed E-state index contributed by atoms with van der Waals surface area (Å²) in [7, 11) is -0.472. The Morgan fingerprint density at radius 1 is 1.29 bits per heavy atom. The first-order chi connectivity index (χ1) is 14.7. The van der Waals surface area contributed by atoms with Crippen molar-refractivity contribution in [3.05, 3.63) is 29.5 Å². The van der Waals surface area contributed by atoms with Crippen molar-refractivity contribution < 1.29 is 27.8 Å². The Hall–Kier alpha value is -2.14. The van der Waals surface area contributed by atoms with E-state index in [0.29, 0.717) is 31.7 Å². The number of piperidine rings is 1.